The van der Waals surface area contributed by atoms with Crippen LogP contribution >= 0.6 is 0 Å². The Morgan fingerprint density at radius 3 is 2.00 bits per heavy atom. The second-order valence-corrected chi connectivity index (χ2v) is 6.02. The minimum atomic E-state index is -0.212. The number of carbonyl (C=O) groups is 2. The molecule has 0 atom stereocenters. The number of fused-ring (bicyclic) bond motifs is 1. The quantitative estimate of drug-likeness (QED) is 0.825. The molecule has 1 aliphatic rings. The predicted molar refractivity (Wildman–Crippen MR) is 90.5 cm³/mol. The molecular weight excluding hydrogens is 304 g/mol. The smallest absolute Gasteiger partial charge is 0.261 e. The summed E-state index contributed by atoms with van der Waals surface area (Å²) in [5.74, 6) is -0.424. The third-order valence-corrected chi connectivity index (χ3v) is 4.24. The molecule has 5 heteroatoms. The lowest BCUT2D eigenvalue weighted by Crippen LogP contribution is -2.36. The number of rotatable bonds is 6. The van der Waals surface area contributed by atoms with Crippen molar-refractivity contribution >= 4 is 11.8 Å². The molecule has 1 aliphatic heterocycles. The van der Waals surface area contributed by atoms with Gasteiger partial charge in [-0.15, -0.1) is 0 Å². The first-order valence-electron chi connectivity index (χ1n) is 7.92. The third-order valence-electron chi connectivity index (χ3n) is 4.24. The van der Waals surface area contributed by atoms with Gasteiger partial charge in [0.1, 0.15) is 0 Å². The van der Waals surface area contributed by atoms with Gasteiger partial charge in [-0.1, -0.05) is 36.4 Å². The van der Waals surface area contributed by atoms with Gasteiger partial charge < -0.3 is 10.0 Å². The van der Waals surface area contributed by atoms with E-state index < -0.39 is 0 Å². The zero-order chi connectivity index (χ0) is 17.1. The highest BCUT2D eigenvalue weighted by Crippen LogP contribution is 2.22. The molecule has 2 aromatic carbocycles. The number of aliphatic hydroxyl groups excluding tert-OH is 1. The Morgan fingerprint density at radius 2 is 1.46 bits per heavy atom. The van der Waals surface area contributed by atoms with Crippen LogP contribution in [0.15, 0.2) is 48.5 Å². The maximum absolute atomic E-state index is 12.3. The molecule has 0 radical (unpaired) electrons. The van der Waals surface area contributed by atoms with Gasteiger partial charge in [-0.3, -0.25) is 14.5 Å². The summed E-state index contributed by atoms with van der Waals surface area (Å²) in [5.41, 5.74) is 2.99. The van der Waals surface area contributed by atoms with Crippen molar-refractivity contribution in [3.63, 3.8) is 0 Å². The van der Waals surface area contributed by atoms with E-state index in [1.165, 1.54) is 4.90 Å². The molecule has 1 N–H and O–H groups in total. The number of carbonyl (C=O) groups excluding carboxylic acids is 2. The van der Waals surface area contributed by atoms with Gasteiger partial charge in [0.2, 0.25) is 0 Å². The van der Waals surface area contributed by atoms with Gasteiger partial charge in [0, 0.05) is 19.6 Å². The highest BCUT2D eigenvalue weighted by Gasteiger charge is 2.34. The molecule has 0 aliphatic carbocycles. The fourth-order valence-corrected chi connectivity index (χ4v) is 2.85. The number of likely N-dealkylation sites (N-methyl/N-ethyl adjacent to an activating group) is 1. The van der Waals surface area contributed by atoms with Gasteiger partial charge in [0.15, 0.2) is 0 Å². The number of nitrogens with zero attached hydrogens (tertiary/aromatic N) is 2. The monoisotopic (exact) mass is 324 g/mol. The van der Waals surface area contributed by atoms with E-state index >= 15 is 0 Å². The average molecular weight is 324 g/mol. The van der Waals surface area contributed by atoms with Crippen LogP contribution in [0.3, 0.4) is 0 Å². The Morgan fingerprint density at radius 1 is 0.917 bits per heavy atom. The SMILES string of the molecule is CN(CCN1C(=O)c2ccccc2C1=O)Cc1ccc(CO)cc1. The molecule has 0 unspecified atom stereocenters. The fraction of sp³-hybridized carbons (Fsp3) is 0.263. The predicted octanol–water partition coefficient (Wildman–Crippen LogP) is 1.91. The van der Waals surface area contributed by atoms with Crippen molar-refractivity contribution in [3.8, 4) is 0 Å². The van der Waals surface area contributed by atoms with Crippen LogP contribution in [0.4, 0.5) is 0 Å². The van der Waals surface area contributed by atoms with Crippen LogP contribution in [0.1, 0.15) is 31.8 Å². The molecule has 2 amide bonds. The normalized spacial score (nSPS) is 13.7. The van der Waals surface area contributed by atoms with Gasteiger partial charge >= 0.3 is 0 Å². The van der Waals surface area contributed by atoms with Crippen LogP contribution in [-0.2, 0) is 13.2 Å². The zero-order valence-electron chi connectivity index (χ0n) is 13.6. The molecule has 0 saturated heterocycles. The standard InChI is InChI=1S/C19H20N2O3/c1-20(12-14-6-8-15(13-22)9-7-14)10-11-21-18(23)16-4-2-3-5-17(16)19(21)24/h2-9,22H,10-13H2,1H3. The van der Waals surface area contributed by atoms with Gasteiger partial charge in [0.05, 0.1) is 17.7 Å². The maximum atomic E-state index is 12.3. The summed E-state index contributed by atoms with van der Waals surface area (Å²) in [6.45, 7) is 1.73. The molecule has 0 saturated carbocycles. The molecule has 5 nitrogen and oxygen atoms in total. The molecular formula is C19H20N2O3. The van der Waals surface area contributed by atoms with Crippen molar-refractivity contribution in [2.45, 2.75) is 13.2 Å². The van der Waals surface area contributed by atoms with E-state index in [1.54, 1.807) is 24.3 Å². The summed E-state index contributed by atoms with van der Waals surface area (Å²) in [4.78, 5) is 28.0. The first-order chi connectivity index (χ1) is 11.6. The fourth-order valence-electron chi connectivity index (χ4n) is 2.85. The minimum Gasteiger partial charge on any atom is -0.392 e. The van der Waals surface area contributed by atoms with Gasteiger partial charge in [0.25, 0.3) is 11.8 Å². The Hall–Kier alpha value is -2.50. The lowest BCUT2D eigenvalue weighted by atomic mass is 10.1. The van der Waals surface area contributed by atoms with Crippen molar-refractivity contribution in [2.75, 3.05) is 20.1 Å². The highest BCUT2D eigenvalue weighted by atomic mass is 16.3. The maximum Gasteiger partial charge on any atom is 0.261 e. The van der Waals surface area contributed by atoms with E-state index in [4.69, 9.17) is 5.11 Å². The van der Waals surface area contributed by atoms with Crippen molar-refractivity contribution in [2.24, 2.45) is 0 Å². The summed E-state index contributed by atoms with van der Waals surface area (Å²) >= 11 is 0. The first-order valence-corrected chi connectivity index (χ1v) is 7.92. The van der Waals surface area contributed by atoms with E-state index in [1.807, 2.05) is 31.3 Å². The van der Waals surface area contributed by atoms with Crippen LogP contribution in [0.2, 0.25) is 0 Å². The Balaban J connectivity index is 1.58. The van der Waals surface area contributed by atoms with Crippen molar-refractivity contribution in [1.29, 1.82) is 0 Å². The number of aliphatic hydroxyl groups is 1. The van der Waals surface area contributed by atoms with E-state index in [9.17, 15) is 9.59 Å². The lowest BCUT2D eigenvalue weighted by molar-refractivity contribution is 0.0640. The number of hydrogen-bond acceptors (Lipinski definition) is 4. The lowest BCUT2D eigenvalue weighted by Gasteiger charge is -2.20. The molecule has 2 aromatic rings. The summed E-state index contributed by atoms with van der Waals surface area (Å²) in [6.07, 6.45) is 0. The molecule has 0 bridgehead atoms. The Kier molecular flexibility index (Phi) is 4.74. The number of imide groups is 1. The summed E-state index contributed by atoms with van der Waals surface area (Å²) in [6, 6.07) is 14.7. The Bertz CT molecular complexity index is 720. The van der Waals surface area contributed by atoms with Gasteiger partial charge in [-0.05, 0) is 30.3 Å². The van der Waals surface area contributed by atoms with E-state index in [-0.39, 0.29) is 18.4 Å². The van der Waals surface area contributed by atoms with E-state index in [0.29, 0.717) is 24.2 Å². The number of amides is 2. The second kappa shape index (κ2) is 6.95. The van der Waals surface area contributed by atoms with Crippen LogP contribution < -0.4 is 0 Å². The van der Waals surface area contributed by atoms with Crippen LogP contribution in [0.25, 0.3) is 0 Å². The van der Waals surface area contributed by atoms with E-state index in [2.05, 4.69) is 4.90 Å². The number of hydrogen-bond donors (Lipinski definition) is 1. The summed E-state index contributed by atoms with van der Waals surface area (Å²) in [7, 11) is 1.96. The average Bonchev–Trinajstić information content (AvgIpc) is 2.85. The first kappa shape index (κ1) is 16.4. The van der Waals surface area contributed by atoms with Crippen molar-refractivity contribution < 1.29 is 14.7 Å². The summed E-state index contributed by atoms with van der Waals surface area (Å²) in [5, 5.41) is 9.06. The molecule has 3 rings (SSSR count). The molecule has 0 aromatic heterocycles. The molecule has 124 valence electrons. The van der Waals surface area contributed by atoms with Crippen LogP contribution in [0, 0.1) is 0 Å². The third kappa shape index (κ3) is 3.22. The minimum absolute atomic E-state index is 0.0376. The molecule has 0 fully saturated rings. The molecule has 0 spiro atoms. The van der Waals surface area contributed by atoms with Gasteiger partial charge in [-0.2, -0.15) is 0 Å². The summed E-state index contributed by atoms with van der Waals surface area (Å²) < 4.78 is 0. The largest absolute Gasteiger partial charge is 0.392 e. The van der Waals surface area contributed by atoms with Gasteiger partial charge in [-0.25, -0.2) is 0 Å². The van der Waals surface area contributed by atoms with E-state index in [0.717, 1.165) is 17.7 Å². The number of benzene rings is 2. The molecule has 24 heavy (non-hydrogen) atoms. The second-order valence-electron chi connectivity index (χ2n) is 6.02. The highest BCUT2D eigenvalue weighted by molar-refractivity contribution is 6.21. The van der Waals surface area contributed by atoms with Crippen molar-refractivity contribution in [3.05, 3.63) is 70.8 Å². The topological polar surface area (TPSA) is 60.9 Å². The van der Waals surface area contributed by atoms with Crippen molar-refractivity contribution in [1.82, 2.24) is 9.80 Å². The Labute approximate surface area is 141 Å². The molecule has 1 heterocycles. The van der Waals surface area contributed by atoms with Crippen LogP contribution in [-0.4, -0.2) is 46.9 Å². The van der Waals surface area contributed by atoms with Crippen LogP contribution in [0.5, 0.6) is 0 Å². The zero-order valence-corrected chi connectivity index (χ0v) is 13.6.